The molecule has 0 unspecified atom stereocenters. The minimum Gasteiger partial charge on any atom is -0.406 e. The van der Waals surface area contributed by atoms with Crippen LogP contribution in [-0.4, -0.2) is 22.2 Å². The molecule has 0 radical (unpaired) electrons. The summed E-state index contributed by atoms with van der Waals surface area (Å²) in [5, 5.41) is 2.65. The Morgan fingerprint density at radius 3 is 2.34 bits per heavy atom. The van der Waals surface area contributed by atoms with Gasteiger partial charge in [0.15, 0.2) is 0 Å². The van der Waals surface area contributed by atoms with E-state index in [4.69, 9.17) is 5.73 Å². The summed E-state index contributed by atoms with van der Waals surface area (Å²) in [6, 6.07) is 21.5. The summed E-state index contributed by atoms with van der Waals surface area (Å²) in [5.41, 5.74) is 9.04. The van der Waals surface area contributed by atoms with Gasteiger partial charge in [-0.3, -0.25) is 9.78 Å². The fraction of sp³-hybridized carbons (Fsp3) is 0.115. The second-order valence-corrected chi connectivity index (χ2v) is 7.63. The van der Waals surface area contributed by atoms with Crippen LogP contribution in [0.15, 0.2) is 85.1 Å². The third-order valence-electron chi connectivity index (χ3n) is 5.15. The van der Waals surface area contributed by atoms with Crippen LogP contribution >= 0.6 is 0 Å². The fourth-order valence-electron chi connectivity index (χ4n) is 3.53. The number of nitrogens with zero attached hydrogens (tertiary/aromatic N) is 2. The number of aryl methyl sites for hydroxylation is 2. The van der Waals surface area contributed by atoms with Gasteiger partial charge in [0.1, 0.15) is 11.6 Å². The molecule has 0 aliphatic carbocycles. The molecule has 3 N–H and O–H groups in total. The summed E-state index contributed by atoms with van der Waals surface area (Å²) < 4.78 is 42.3. The van der Waals surface area contributed by atoms with Gasteiger partial charge in [-0.1, -0.05) is 36.4 Å². The van der Waals surface area contributed by atoms with E-state index in [1.807, 2.05) is 18.2 Å². The van der Waals surface area contributed by atoms with E-state index in [-0.39, 0.29) is 17.1 Å². The van der Waals surface area contributed by atoms with Crippen LogP contribution in [0, 0.1) is 0 Å². The maximum absolute atomic E-state index is 13.1. The molecule has 2 aromatic carbocycles. The number of alkyl halides is 3. The third-order valence-corrected chi connectivity index (χ3v) is 5.15. The second-order valence-electron chi connectivity index (χ2n) is 7.63. The first-order chi connectivity index (χ1) is 16.8. The van der Waals surface area contributed by atoms with E-state index in [1.165, 1.54) is 12.1 Å². The lowest BCUT2D eigenvalue weighted by molar-refractivity contribution is -0.274. The lowest BCUT2D eigenvalue weighted by Gasteiger charge is -2.15. The van der Waals surface area contributed by atoms with E-state index in [0.717, 1.165) is 17.5 Å². The Morgan fingerprint density at radius 1 is 0.914 bits per heavy atom. The van der Waals surface area contributed by atoms with Crippen molar-refractivity contribution < 1.29 is 22.7 Å². The molecule has 35 heavy (non-hydrogen) atoms. The van der Waals surface area contributed by atoms with E-state index < -0.39 is 18.0 Å². The number of amides is 1. The van der Waals surface area contributed by atoms with Crippen molar-refractivity contribution in [1.29, 1.82) is 0 Å². The zero-order chi connectivity index (χ0) is 24.8. The first-order valence-corrected chi connectivity index (χ1v) is 10.7. The molecular formula is C26H21F3N4O2. The molecule has 0 spiro atoms. The van der Waals surface area contributed by atoms with Gasteiger partial charge in [0.25, 0.3) is 5.91 Å². The SMILES string of the molecule is Nc1nc(CCc2ccccn2)ccc1NC(=O)c1cc(OC(F)(F)F)ccc1-c1ccccc1. The van der Waals surface area contributed by atoms with Crippen molar-refractivity contribution in [3.8, 4) is 16.9 Å². The number of carbonyl (C=O) groups is 1. The highest BCUT2D eigenvalue weighted by atomic mass is 19.4. The first-order valence-electron chi connectivity index (χ1n) is 10.7. The summed E-state index contributed by atoms with van der Waals surface area (Å²) in [4.78, 5) is 21.8. The van der Waals surface area contributed by atoms with Crippen molar-refractivity contribution in [3.63, 3.8) is 0 Å². The molecule has 1 amide bonds. The van der Waals surface area contributed by atoms with Crippen molar-refractivity contribution in [2.24, 2.45) is 0 Å². The Kier molecular flexibility index (Phi) is 6.96. The monoisotopic (exact) mass is 478 g/mol. The van der Waals surface area contributed by atoms with Crippen LogP contribution in [0.2, 0.25) is 0 Å². The van der Waals surface area contributed by atoms with Crippen LogP contribution in [0.25, 0.3) is 11.1 Å². The largest absolute Gasteiger partial charge is 0.573 e. The molecule has 0 aliphatic heterocycles. The molecule has 0 fully saturated rings. The van der Waals surface area contributed by atoms with Crippen LogP contribution in [0.4, 0.5) is 24.7 Å². The lowest BCUT2D eigenvalue weighted by atomic mass is 9.98. The summed E-state index contributed by atoms with van der Waals surface area (Å²) in [6.07, 6.45) is -1.90. The minimum atomic E-state index is -4.89. The first kappa shape index (κ1) is 23.7. The summed E-state index contributed by atoms with van der Waals surface area (Å²) in [7, 11) is 0. The Morgan fingerprint density at radius 2 is 1.66 bits per heavy atom. The van der Waals surface area contributed by atoms with Crippen LogP contribution in [0.5, 0.6) is 5.75 Å². The Balaban J connectivity index is 1.56. The second kappa shape index (κ2) is 10.3. The summed E-state index contributed by atoms with van der Waals surface area (Å²) >= 11 is 0. The van der Waals surface area contributed by atoms with E-state index in [1.54, 1.807) is 48.7 Å². The molecule has 0 aliphatic rings. The van der Waals surface area contributed by atoms with Gasteiger partial charge >= 0.3 is 6.36 Å². The highest BCUT2D eigenvalue weighted by molar-refractivity contribution is 6.09. The highest BCUT2D eigenvalue weighted by Crippen LogP contribution is 2.31. The maximum Gasteiger partial charge on any atom is 0.573 e. The van der Waals surface area contributed by atoms with Crippen molar-refractivity contribution in [1.82, 2.24) is 9.97 Å². The van der Waals surface area contributed by atoms with Gasteiger partial charge in [-0.25, -0.2) is 4.98 Å². The summed E-state index contributed by atoms with van der Waals surface area (Å²) in [6.45, 7) is 0. The van der Waals surface area contributed by atoms with Gasteiger partial charge in [0, 0.05) is 17.6 Å². The predicted molar refractivity (Wildman–Crippen MR) is 127 cm³/mol. The summed E-state index contributed by atoms with van der Waals surface area (Å²) in [5.74, 6) is -1.05. The molecule has 0 bridgehead atoms. The van der Waals surface area contributed by atoms with Crippen LogP contribution in [0.3, 0.4) is 0 Å². The number of hydrogen-bond donors (Lipinski definition) is 2. The van der Waals surface area contributed by atoms with Crippen molar-refractivity contribution in [2.75, 3.05) is 11.1 Å². The van der Waals surface area contributed by atoms with Crippen LogP contribution in [-0.2, 0) is 12.8 Å². The van der Waals surface area contributed by atoms with Gasteiger partial charge in [-0.2, -0.15) is 0 Å². The fourth-order valence-corrected chi connectivity index (χ4v) is 3.53. The molecule has 4 aromatic rings. The molecule has 2 aromatic heterocycles. The van der Waals surface area contributed by atoms with Gasteiger partial charge in [-0.05, 0) is 66.4 Å². The Hall–Kier alpha value is -4.40. The molecule has 0 saturated heterocycles. The normalized spacial score (nSPS) is 11.2. The predicted octanol–water partition coefficient (Wildman–Crippen LogP) is 5.66. The van der Waals surface area contributed by atoms with E-state index >= 15 is 0 Å². The topological polar surface area (TPSA) is 90.1 Å². The number of benzene rings is 2. The Labute approximate surface area is 199 Å². The number of nitrogen functional groups attached to an aromatic ring is 1. The maximum atomic E-state index is 13.1. The zero-order valence-corrected chi connectivity index (χ0v) is 18.4. The molecular weight excluding hydrogens is 457 g/mol. The minimum absolute atomic E-state index is 0.00317. The lowest BCUT2D eigenvalue weighted by Crippen LogP contribution is -2.19. The Bertz CT molecular complexity index is 1310. The number of nitrogens with two attached hydrogens (primary N) is 1. The van der Waals surface area contributed by atoms with Crippen molar-refractivity contribution in [3.05, 3.63) is 102 Å². The number of aromatic nitrogens is 2. The van der Waals surface area contributed by atoms with Gasteiger partial charge in [0.05, 0.1) is 11.3 Å². The number of nitrogens with one attached hydrogen (secondary N) is 1. The molecule has 0 saturated carbocycles. The molecule has 2 heterocycles. The van der Waals surface area contributed by atoms with Gasteiger partial charge in [0.2, 0.25) is 0 Å². The molecule has 178 valence electrons. The number of pyridine rings is 2. The van der Waals surface area contributed by atoms with Crippen molar-refractivity contribution in [2.45, 2.75) is 19.2 Å². The van der Waals surface area contributed by atoms with Crippen molar-refractivity contribution >= 4 is 17.4 Å². The molecule has 0 atom stereocenters. The van der Waals surface area contributed by atoms with Crippen LogP contribution < -0.4 is 15.8 Å². The van der Waals surface area contributed by atoms with Gasteiger partial charge < -0.3 is 15.8 Å². The zero-order valence-electron chi connectivity index (χ0n) is 18.4. The highest BCUT2D eigenvalue weighted by Gasteiger charge is 2.31. The van der Waals surface area contributed by atoms with E-state index in [0.29, 0.717) is 24.0 Å². The molecule has 9 heteroatoms. The van der Waals surface area contributed by atoms with E-state index in [2.05, 4.69) is 20.0 Å². The number of hydrogen-bond acceptors (Lipinski definition) is 5. The number of carbonyl (C=O) groups excluding carboxylic acids is 1. The smallest absolute Gasteiger partial charge is 0.406 e. The third kappa shape index (κ3) is 6.35. The van der Waals surface area contributed by atoms with E-state index in [9.17, 15) is 18.0 Å². The quantitative estimate of drug-likeness (QED) is 0.358. The number of rotatable bonds is 7. The molecule has 4 rings (SSSR count). The number of anilines is 2. The van der Waals surface area contributed by atoms with Gasteiger partial charge in [-0.15, -0.1) is 13.2 Å². The van der Waals surface area contributed by atoms with Crippen LogP contribution in [0.1, 0.15) is 21.7 Å². The number of halogens is 3. The average Bonchev–Trinajstić information content (AvgIpc) is 2.84. The average molecular weight is 478 g/mol. The number of ether oxygens (including phenoxy) is 1. The molecule has 6 nitrogen and oxygen atoms in total. The standard InChI is InChI=1S/C26H21F3N4O2/c27-26(28,29)35-20-12-13-21(17-6-2-1-3-7-17)22(16-20)25(34)33-23-14-11-19(32-24(23)30)10-9-18-8-4-5-15-31-18/h1-8,11-16H,9-10H2,(H2,30,32)(H,33,34).